The van der Waals surface area contributed by atoms with Crippen LogP contribution >= 0.6 is 0 Å². The van der Waals surface area contributed by atoms with Crippen molar-refractivity contribution in [3.05, 3.63) is 23.8 Å². The quantitative estimate of drug-likeness (QED) is 0.181. The van der Waals surface area contributed by atoms with E-state index in [0.717, 1.165) is 31.6 Å². The number of unbranched alkanes of at least 4 members (excludes halogenated alkanes) is 13. The van der Waals surface area contributed by atoms with E-state index in [2.05, 4.69) is 5.32 Å². The third kappa shape index (κ3) is 13.8. The van der Waals surface area contributed by atoms with Gasteiger partial charge in [0.15, 0.2) is 11.5 Å². The van der Waals surface area contributed by atoms with Gasteiger partial charge < -0.3 is 21.3 Å². The Morgan fingerprint density at radius 2 is 1.11 bits per heavy atom. The lowest BCUT2D eigenvalue weighted by molar-refractivity contribution is 0.403. The van der Waals surface area contributed by atoms with Crippen molar-refractivity contribution in [2.24, 2.45) is 5.73 Å². The van der Waals surface area contributed by atoms with E-state index in [-0.39, 0.29) is 11.5 Å². The summed E-state index contributed by atoms with van der Waals surface area (Å²) < 4.78 is 0. The van der Waals surface area contributed by atoms with E-state index in [9.17, 15) is 10.2 Å². The Bertz CT molecular complexity index is 480. The fourth-order valence-electron chi connectivity index (χ4n) is 3.60. The molecule has 1 rings (SSSR count). The van der Waals surface area contributed by atoms with Gasteiger partial charge >= 0.3 is 0 Å². The van der Waals surface area contributed by atoms with Crippen LogP contribution in [0.5, 0.6) is 11.5 Å². The molecule has 1 aromatic rings. The zero-order valence-corrected chi connectivity index (χ0v) is 17.9. The van der Waals surface area contributed by atoms with Crippen LogP contribution in [-0.4, -0.2) is 29.8 Å². The first-order valence-corrected chi connectivity index (χ1v) is 11.7. The van der Waals surface area contributed by atoms with Gasteiger partial charge in [0.05, 0.1) is 0 Å². The van der Waals surface area contributed by atoms with Gasteiger partial charge in [-0.25, -0.2) is 0 Å². The molecule has 4 nitrogen and oxygen atoms in total. The number of phenolic OH excluding ortho intramolecular Hbond substituents is 2. The maximum atomic E-state index is 9.48. The summed E-state index contributed by atoms with van der Waals surface area (Å²) in [6, 6.07) is 5.05. The molecule has 0 radical (unpaired) electrons. The van der Waals surface area contributed by atoms with Crippen molar-refractivity contribution < 1.29 is 10.2 Å². The highest BCUT2D eigenvalue weighted by Gasteiger charge is 2.00. The van der Waals surface area contributed by atoms with E-state index in [1.54, 1.807) is 12.1 Å². The highest BCUT2D eigenvalue weighted by Crippen LogP contribution is 2.24. The molecular weight excluding hydrogens is 348 g/mol. The average molecular weight is 393 g/mol. The molecule has 0 bridgehead atoms. The maximum absolute atomic E-state index is 9.48. The minimum Gasteiger partial charge on any atom is -0.504 e. The molecule has 5 N–H and O–H groups in total. The van der Waals surface area contributed by atoms with Crippen LogP contribution in [0.25, 0.3) is 0 Å². The van der Waals surface area contributed by atoms with Crippen LogP contribution in [0.2, 0.25) is 0 Å². The first kappa shape index (κ1) is 24.8. The number of nitrogens with one attached hydrogen (secondary N) is 1. The van der Waals surface area contributed by atoms with E-state index in [1.807, 2.05) is 6.07 Å². The molecule has 0 aliphatic rings. The molecular formula is C24H44N2O2. The third-order valence-electron chi connectivity index (χ3n) is 5.44. The molecule has 28 heavy (non-hydrogen) atoms. The summed E-state index contributed by atoms with van der Waals surface area (Å²) in [6.45, 7) is 2.83. The Hall–Kier alpha value is -1.26. The summed E-state index contributed by atoms with van der Waals surface area (Å²) in [5.74, 6) is -0.0819. The number of aromatic hydroxyl groups is 2. The molecule has 0 heterocycles. The second kappa shape index (κ2) is 17.8. The molecule has 0 aliphatic carbocycles. The van der Waals surface area contributed by atoms with E-state index in [0.29, 0.717) is 0 Å². The van der Waals surface area contributed by atoms with E-state index >= 15 is 0 Å². The summed E-state index contributed by atoms with van der Waals surface area (Å²) in [4.78, 5) is 0. The molecule has 0 fully saturated rings. The summed E-state index contributed by atoms with van der Waals surface area (Å²) in [6.07, 6.45) is 19.9. The second-order valence-corrected chi connectivity index (χ2v) is 8.06. The molecule has 0 saturated heterocycles. The van der Waals surface area contributed by atoms with Crippen molar-refractivity contribution in [3.8, 4) is 11.5 Å². The van der Waals surface area contributed by atoms with Crippen molar-refractivity contribution in [2.45, 2.75) is 96.3 Å². The van der Waals surface area contributed by atoms with Gasteiger partial charge in [-0.05, 0) is 56.6 Å². The SMILES string of the molecule is NCCCCCCCCCCCCCCCCNCCc1ccc(O)c(O)c1. The molecule has 0 unspecified atom stereocenters. The Labute approximate surface area is 172 Å². The Kier molecular flexibility index (Phi) is 15.8. The normalized spacial score (nSPS) is 11.2. The Morgan fingerprint density at radius 3 is 1.61 bits per heavy atom. The first-order chi connectivity index (χ1) is 13.7. The Balaban J connectivity index is 1.75. The number of rotatable bonds is 19. The zero-order chi connectivity index (χ0) is 20.3. The lowest BCUT2D eigenvalue weighted by Gasteiger charge is -2.06. The number of phenols is 2. The predicted octanol–water partition coefficient (Wildman–Crippen LogP) is 5.65. The van der Waals surface area contributed by atoms with Crippen molar-refractivity contribution in [1.82, 2.24) is 5.32 Å². The van der Waals surface area contributed by atoms with Gasteiger partial charge in [0.1, 0.15) is 0 Å². The summed E-state index contributed by atoms with van der Waals surface area (Å²) in [7, 11) is 0. The van der Waals surface area contributed by atoms with Crippen LogP contribution < -0.4 is 11.1 Å². The fraction of sp³-hybridized carbons (Fsp3) is 0.750. The van der Waals surface area contributed by atoms with Gasteiger partial charge in [-0.2, -0.15) is 0 Å². The van der Waals surface area contributed by atoms with Crippen molar-refractivity contribution in [2.75, 3.05) is 19.6 Å². The van der Waals surface area contributed by atoms with Gasteiger partial charge in [-0.3, -0.25) is 0 Å². The smallest absolute Gasteiger partial charge is 0.157 e. The lowest BCUT2D eigenvalue weighted by Crippen LogP contribution is -2.18. The predicted molar refractivity (Wildman–Crippen MR) is 120 cm³/mol. The van der Waals surface area contributed by atoms with Crippen LogP contribution in [0.1, 0.15) is 95.5 Å². The molecule has 0 atom stereocenters. The average Bonchev–Trinajstić information content (AvgIpc) is 2.69. The van der Waals surface area contributed by atoms with Gasteiger partial charge in [0.2, 0.25) is 0 Å². The van der Waals surface area contributed by atoms with Crippen LogP contribution in [-0.2, 0) is 6.42 Å². The molecule has 1 aromatic carbocycles. The molecule has 162 valence electrons. The minimum atomic E-state index is -0.0502. The van der Waals surface area contributed by atoms with Crippen molar-refractivity contribution in [1.29, 1.82) is 0 Å². The van der Waals surface area contributed by atoms with Crippen LogP contribution in [0.15, 0.2) is 18.2 Å². The highest BCUT2D eigenvalue weighted by molar-refractivity contribution is 5.40. The van der Waals surface area contributed by atoms with Gasteiger partial charge in [-0.15, -0.1) is 0 Å². The lowest BCUT2D eigenvalue weighted by atomic mass is 10.0. The standard InChI is InChI=1S/C24H44N2O2/c25-18-13-11-9-7-5-3-1-2-4-6-8-10-12-14-19-26-20-17-22-15-16-23(27)24(28)21-22/h15-16,21,26-28H,1-14,17-20,25H2. The Morgan fingerprint density at radius 1 is 0.607 bits per heavy atom. The topological polar surface area (TPSA) is 78.5 Å². The van der Waals surface area contributed by atoms with E-state index in [1.165, 1.54) is 89.9 Å². The highest BCUT2D eigenvalue weighted by atomic mass is 16.3. The molecule has 0 amide bonds. The van der Waals surface area contributed by atoms with Crippen LogP contribution in [0.3, 0.4) is 0 Å². The molecule has 0 saturated carbocycles. The largest absolute Gasteiger partial charge is 0.504 e. The second-order valence-electron chi connectivity index (χ2n) is 8.06. The molecule has 0 spiro atoms. The van der Waals surface area contributed by atoms with Gasteiger partial charge in [0, 0.05) is 0 Å². The monoisotopic (exact) mass is 392 g/mol. The summed E-state index contributed by atoms with van der Waals surface area (Å²) in [5, 5.41) is 22.2. The van der Waals surface area contributed by atoms with E-state index in [4.69, 9.17) is 5.73 Å². The van der Waals surface area contributed by atoms with E-state index < -0.39 is 0 Å². The van der Waals surface area contributed by atoms with Crippen LogP contribution in [0, 0.1) is 0 Å². The number of hydrogen-bond acceptors (Lipinski definition) is 4. The first-order valence-electron chi connectivity index (χ1n) is 11.7. The van der Waals surface area contributed by atoms with Gasteiger partial charge in [0.25, 0.3) is 0 Å². The summed E-state index contributed by atoms with van der Waals surface area (Å²) >= 11 is 0. The molecule has 0 aromatic heterocycles. The number of nitrogens with two attached hydrogens (primary N) is 1. The number of hydrogen-bond donors (Lipinski definition) is 4. The third-order valence-corrected chi connectivity index (χ3v) is 5.44. The van der Waals surface area contributed by atoms with Crippen molar-refractivity contribution >= 4 is 0 Å². The zero-order valence-electron chi connectivity index (χ0n) is 17.9. The maximum Gasteiger partial charge on any atom is 0.157 e. The van der Waals surface area contributed by atoms with Gasteiger partial charge in [-0.1, -0.05) is 83.1 Å². The summed E-state index contributed by atoms with van der Waals surface area (Å²) in [5.41, 5.74) is 6.56. The molecule has 0 aliphatic heterocycles. The van der Waals surface area contributed by atoms with Crippen LogP contribution in [0.4, 0.5) is 0 Å². The molecule has 4 heteroatoms. The van der Waals surface area contributed by atoms with Crippen molar-refractivity contribution in [3.63, 3.8) is 0 Å². The minimum absolute atomic E-state index is 0.0316. The fourth-order valence-corrected chi connectivity index (χ4v) is 3.60. The number of benzene rings is 1.